The lowest BCUT2D eigenvalue weighted by molar-refractivity contribution is -0.131. The van der Waals surface area contributed by atoms with Crippen molar-refractivity contribution < 1.29 is 9.59 Å². The highest BCUT2D eigenvalue weighted by atomic mass is 35.5. The minimum Gasteiger partial charge on any atom is -0.368 e. The van der Waals surface area contributed by atoms with Crippen LogP contribution in [0.15, 0.2) is 30.3 Å². The van der Waals surface area contributed by atoms with Gasteiger partial charge in [-0.05, 0) is 30.9 Å². The Morgan fingerprint density at radius 2 is 1.68 bits per heavy atom. The third kappa shape index (κ3) is 8.67. The lowest BCUT2D eigenvalue weighted by Crippen LogP contribution is -2.49. The summed E-state index contributed by atoms with van der Waals surface area (Å²) in [4.78, 5) is 28.4. The molecule has 0 bridgehead atoms. The molecule has 0 saturated carbocycles. The molecular weight excluding hydrogens is 399 g/mol. The Labute approximate surface area is 181 Å². The summed E-state index contributed by atoms with van der Waals surface area (Å²) in [6.45, 7) is 7.80. The number of hydrogen-bond acceptors (Lipinski definition) is 4. The maximum absolute atomic E-state index is 12.3. The predicted octanol–water partition coefficient (Wildman–Crippen LogP) is 2.45. The summed E-state index contributed by atoms with van der Waals surface area (Å²) in [5, 5.41) is 2.83. The zero-order valence-electron chi connectivity index (χ0n) is 16.8. The van der Waals surface area contributed by atoms with Crippen LogP contribution in [0.3, 0.4) is 0 Å². The molecule has 0 spiro atoms. The molecule has 160 valence electrons. The van der Waals surface area contributed by atoms with Crippen LogP contribution in [-0.2, 0) is 9.59 Å². The number of para-hydroxylation sites is 1. The van der Waals surface area contributed by atoms with Gasteiger partial charge in [0, 0.05) is 44.8 Å². The van der Waals surface area contributed by atoms with Gasteiger partial charge in [-0.2, -0.15) is 0 Å². The average molecular weight is 433 g/mol. The van der Waals surface area contributed by atoms with Gasteiger partial charge in [-0.25, -0.2) is 0 Å². The fourth-order valence-corrected chi connectivity index (χ4v) is 3.21. The first kappa shape index (κ1) is 26.5. The van der Waals surface area contributed by atoms with Crippen molar-refractivity contribution in [2.45, 2.75) is 39.2 Å². The second kappa shape index (κ2) is 13.6. The number of carbonyl (C=O) groups is 2. The number of carbonyl (C=O) groups excluding carboxylic acids is 2. The average Bonchev–Trinajstić information content (AvgIpc) is 2.65. The van der Waals surface area contributed by atoms with Gasteiger partial charge in [0.2, 0.25) is 11.8 Å². The quantitative estimate of drug-likeness (QED) is 0.618. The highest BCUT2D eigenvalue weighted by molar-refractivity contribution is 5.85. The lowest BCUT2D eigenvalue weighted by Gasteiger charge is -2.36. The smallest absolute Gasteiger partial charge is 0.236 e. The Hall–Kier alpha value is -1.50. The van der Waals surface area contributed by atoms with Crippen LogP contribution in [0.4, 0.5) is 5.69 Å². The van der Waals surface area contributed by atoms with Crippen molar-refractivity contribution >= 4 is 42.3 Å². The van der Waals surface area contributed by atoms with Crippen molar-refractivity contribution in [2.75, 3.05) is 37.6 Å². The Morgan fingerprint density at radius 3 is 2.25 bits per heavy atom. The van der Waals surface area contributed by atoms with Gasteiger partial charge in [0.05, 0.1) is 6.04 Å². The Kier molecular flexibility index (Phi) is 12.9. The number of piperazine rings is 1. The van der Waals surface area contributed by atoms with E-state index < -0.39 is 6.04 Å². The molecule has 1 aromatic rings. The summed E-state index contributed by atoms with van der Waals surface area (Å²) < 4.78 is 0. The predicted molar refractivity (Wildman–Crippen MR) is 119 cm³/mol. The molecule has 1 aliphatic heterocycles. The van der Waals surface area contributed by atoms with Crippen LogP contribution in [0.1, 0.15) is 33.1 Å². The highest BCUT2D eigenvalue weighted by Gasteiger charge is 2.21. The fourth-order valence-electron chi connectivity index (χ4n) is 3.21. The minimum absolute atomic E-state index is 0. The minimum atomic E-state index is -0.461. The van der Waals surface area contributed by atoms with E-state index in [1.165, 1.54) is 5.69 Å². The Morgan fingerprint density at radius 1 is 1.07 bits per heavy atom. The summed E-state index contributed by atoms with van der Waals surface area (Å²) in [6, 6.07) is 9.82. The van der Waals surface area contributed by atoms with Crippen molar-refractivity contribution in [2.24, 2.45) is 11.7 Å². The van der Waals surface area contributed by atoms with Crippen molar-refractivity contribution in [3.63, 3.8) is 0 Å². The number of halogens is 2. The molecule has 0 aliphatic carbocycles. The van der Waals surface area contributed by atoms with Gasteiger partial charge < -0.3 is 20.9 Å². The maximum atomic E-state index is 12.3. The number of hydrogen-bond donors (Lipinski definition) is 2. The van der Waals surface area contributed by atoms with Gasteiger partial charge in [-0.1, -0.05) is 32.0 Å². The number of anilines is 1. The van der Waals surface area contributed by atoms with Crippen LogP contribution in [0.5, 0.6) is 0 Å². The standard InChI is InChI=1S/C20H32N4O2.2ClH/c1-16(2)15-18(21)20(26)22-10-6-9-19(25)24-13-11-23(12-14-24)17-7-4-3-5-8-17;;/h3-5,7-8,16,18H,6,9-15,21H2,1-2H3,(H,22,26);2*1H/t18-;;/m0../s1. The summed E-state index contributed by atoms with van der Waals surface area (Å²) in [5.41, 5.74) is 7.05. The third-order valence-electron chi connectivity index (χ3n) is 4.68. The number of rotatable bonds is 8. The normalized spacial score (nSPS) is 14.7. The van der Waals surface area contributed by atoms with E-state index in [0.29, 0.717) is 31.7 Å². The van der Waals surface area contributed by atoms with E-state index in [-0.39, 0.29) is 36.6 Å². The molecule has 6 nitrogen and oxygen atoms in total. The van der Waals surface area contributed by atoms with Crippen molar-refractivity contribution in [1.82, 2.24) is 10.2 Å². The fraction of sp³-hybridized carbons (Fsp3) is 0.600. The number of benzene rings is 1. The van der Waals surface area contributed by atoms with Gasteiger partial charge in [-0.3, -0.25) is 9.59 Å². The van der Waals surface area contributed by atoms with Crippen molar-refractivity contribution in [3.05, 3.63) is 30.3 Å². The molecule has 3 N–H and O–H groups in total. The van der Waals surface area contributed by atoms with Crippen LogP contribution in [0, 0.1) is 5.92 Å². The molecule has 0 aromatic heterocycles. The largest absolute Gasteiger partial charge is 0.368 e. The monoisotopic (exact) mass is 432 g/mol. The third-order valence-corrected chi connectivity index (χ3v) is 4.68. The van der Waals surface area contributed by atoms with E-state index in [1.54, 1.807) is 0 Å². The van der Waals surface area contributed by atoms with E-state index in [4.69, 9.17) is 5.73 Å². The lowest BCUT2D eigenvalue weighted by atomic mass is 10.0. The molecule has 1 atom stereocenters. The van der Waals surface area contributed by atoms with Crippen molar-refractivity contribution in [1.29, 1.82) is 0 Å². The zero-order valence-corrected chi connectivity index (χ0v) is 18.4. The Balaban J connectivity index is 0.00000364. The van der Waals surface area contributed by atoms with Gasteiger partial charge in [0.1, 0.15) is 0 Å². The molecule has 1 aromatic carbocycles. The number of nitrogens with zero attached hydrogens (tertiary/aromatic N) is 2. The molecule has 28 heavy (non-hydrogen) atoms. The van der Waals surface area contributed by atoms with Crippen LogP contribution in [-0.4, -0.2) is 55.5 Å². The van der Waals surface area contributed by atoms with Crippen molar-refractivity contribution in [3.8, 4) is 0 Å². The first-order valence-electron chi connectivity index (χ1n) is 9.58. The van der Waals surface area contributed by atoms with Crippen LogP contribution in [0.2, 0.25) is 0 Å². The van der Waals surface area contributed by atoms with E-state index in [1.807, 2.05) is 36.9 Å². The first-order valence-corrected chi connectivity index (χ1v) is 9.58. The number of nitrogens with two attached hydrogens (primary N) is 1. The molecular formula is C20H34Cl2N4O2. The van der Waals surface area contributed by atoms with Crippen LogP contribution >= 0.6 is 24.8 Å². The van der Waals surface area contributed by atoms with Crippen LogP contribution in [0.25, 0.3) is 0 Å². The molecule has 1 aliphatic rings. The SMILES string of the molecule is CC(C)C[C@H](N)C(=O)NCCCC(=O)N1CCN(c2ccccc2)CC1.Cl.Cl. The van der Waals surface area contributed by atoms with E-state index >= 15 is 0 Å². The summed E-state index contributed by atoms with van der Waals surface area (Å²) >= 11 is 0. The molecule has 2 amide bonds. The maximum Gasteiger partial charge on any atom is 0.236 e. The zero-order chi connectivity index (χ0) is 18.9. The second-order valence-electron chi connectivity index (χ2n) is 7.33. The number of nitrogens with one attached hydrogen (secondary N) is 1. The summed E-state index contributed by atoms with van der Waals surface area (Å²) in [6.07, 6.45) is 1.79. The molecule has 1 fully saturated rings. The molecule has 2 rings (SSSR count). The first-order chi connectivity index (χ1) is 12.5. The molecule has 1 heterocycles. The molecule has 1 saturated heterocycles. The molecule has 8 heteroatoms. The summed E-state index contributed by atoms with van der Waals surface area (Å²) in [5.74, 6) is 0.438. The van der Waals surface area contributed by atoms with Gasteiger partial charge >= 0.3 is 0 Å². The van der Waals surface area contributed by atoms with Gasteiger partial charge in [0.25, 0.3) is 0 Å². The van der Waals surface area contributed by atoms with Gasteiger partial charge in [-0.15, -0.1) is 24.8 Å². The number of amides is 2. The second-order valence-corrected chi connectivity index (χ2v) is 7.33. The summed E-state index contributed by atoms with van der Waals surface area (Å²) in [7, 11) is 0. The van der Waals surface area contributed by atoms with E-state index in [9.17, 15) is 9.59 Å². The van der Waals surface area contributed by atoms with E-state index in [0.717, 1.165) is 26.2 Å². The van der Waals surface area contributed by atoms with Crippen LogP contribution < -0.4 is 16.0 Å². The van der Waals surface area contributed by atoms with E-state index in [2.05, 4.69) is 22.3 Å². The topological polar surface area (TPSA) is 78.7 Å². The molecule has 0 radical (unpaired) electrons. The Bertz CT molecular complexity index is 579. The highest BCUT2D eigenvalue weighted by Crippen LogP contribution is 2.16. The van der Waals surface area contributed by atoms with Gasteiger partial charge in [0.15, 0.2) is 0 Å². The molecule has 0 unspecified atom stereocenters.